The summed E-state index contributed by atoms with van der Waals surface area (Å²) in [6.45, 7) is 7.63. The van der Waals surface area contributed by atoms with Gasteiger partial charge in [-0.25, -0.2) is 0 Å². The highest BCUT2D eigenvalue weighted by atomic mass is 35.5. The van der Waals surface area contributed by atoms with E-state index >= 15 is 0 Å². The van der Waals surface area contributed by atoms with E-state index in [1.165, 1.54) is 6.07 Å². The lowest BCUT2D eigenvalue weighted by atomic mass is 10.0. The lowest BCUT2D eigenvalue weighted by Crippen LogP contribution is -2.14. The molecule has 0 aliphatic carbocycles. The SMILES string of the molecule is CC.Cc1cc(CCC[C@H](C)N)cc(SC(F)(F)F)c1Cl. The Bertz CT molecular complexity index is 434. The Labute approximate surface area is 134 Å². The third kappa shape index (κ3) is 8.59. The molecule has 1 atom stereocenters. The summed E-state index contributed by atoms with van der Waals surface area (Å²) in [5.74, 6) is 0. The summed E-state index contributed by atoms with van der Waals surface area (Å²) in [5, 5.41) is 0.179. The first kappa shape index (κ1) is 20.6. The molecule has 0 radical (unpaired) electrons. The van der Waals surface area contributed by atoms with Crippen molar-refractivity contribution in [2.75, 3.05) is 0 Å². The van der Waals surface area contributed by atoms with E-state index in [9.17, 15) is 13.2 Å². The van der Waals surface area contributed by atoms with Crippen LogP contribution in [0.1, 0.15) is 44.7 Å². The molecule has 0 spiro atoms. The molecular formula is C15H23ClF3NS. The van der Waals surface area contributed by atoms with Crippen LogP contribution in [0, 0.1) is 6.92 Å². The molecule has 2 N–H and O–H groups in total. The van der Waals surface area contributed by atoms with Gasteiger partial charge in [0.1, 0.15) is 0 Å². The van der Waals surface area contributed by atoms with E-state index in [2.05, 4.69) is 0 Å². The molecule has 122 valence electrons. The van der Waals surface area contributed by atoms with Crippen molar-refractivity contribution in [3.8, 4) is 0 Å². The summed E-state index contributed by atoms with van der Waals surface area (Å²) in [4.78, 5) is 0.0740. The predicted octanol–water partition coefficient (Wildman–Crippen LogP) is 5.96. The van der Waals surface area contributed by atoms with E-state index in [0.29, 0.717) is 12.0 Å². The van der Waals surface area contributed by atoms with Crippen molar-refractivity contribution < 1.29 is 13.2 Å². The molecule has 21 heavy (non-hydrogen) atoms. The van der Waals surface area contributed by atoms with E-state index in [1.54, 1.807) is 6.92 Å². The van der Waals surface area contributed by atoms with E-state index < -0.39 is 5.51 Å². The monoisotopic (exact) mass is 341 g/mol. The molecule has 0 saturated carbocycles. The largest absolute Gasteiger partial charge is 0.446 e. The fourth-order valence-electron chi connectivity index (χ4n) is 1.78. The van der Waals surface area contributed by atoms with Crippen molar-refractivity contribution >= 4 is 23.4 Å². The molecule has 0 bridgehead atoms. The van der Waals surface area contributed by atoms with Gasteiger partial charge in [-0.2, -0.15) is 13.2 Å². The Balaban J connectivity index is 0.00000191. The predicted molar refractivity (Wildman–Crippen MR) is 86.0 cm³/mol. The third-order valence-electron chi connectivity index (χ3n) is 2.63. The first-order chi connectivity index (χ1) is 9.69. The molecule has 0 aliphatic rings. The molecule has 6 heteroatoms. The molecule has 0 saturated heterocycles. The molecule has 1 nitrogen and oxygen atoms in total. The molecule has 0 fully saturated rings. The maximum Gasteiger partial charge on any atom is 0.446 e. The van der Waals surface area contributed by atoms with E-state index in [4.69, 9.17) is 17.3 Å². The van der Waals surface area contributed by atoms with Crippen LogP contribution in [0.25, 0.3) is 0 Å². The van der Waals surface area contributed by atoms with Crippen molar-refractivity contribution in [2.24, 2.45) is 5.73 Å². The van der Waals surface area contributed by atoms with Gasteiger partial charge in [-0.3, -0.25) is 0 Å². The normalized spacial score (nSPS) is 12.6. The Hall–Kier alpha value is -0.390. The van der Waals surface area contributed by atoms with Crippen LogP contribution in [0.5, 0.6) is 0 Å². The highest BCUT2D eigenvalue weighted by molar-refractivity contribution is 8.00. The van der Waals surface area contributed by atoms with Crippen molar-refractivity contribution in [1.82, 2.24) is 0 Å². The molecule has 1 rings (SSSR count). The van der Waals surface area contributed by atoms with Crippen LogP contribution in [0.4, 0.5) is 13.2 Å². The molecule has 0 unspecified atom stereocenters. The van der Waals surface area contributed by atoms with E-state index in [0.717, 1.165) is 18.4 Å². The van der Waals surface area contributed by atoms with Gasteiger partial charge >= 0.3 is 5.51 Å². The van der Waals surface area contributed by atoms with Gasteiger partial charge in [0.15, 0.2) is 0 Å². The maximum atomic E-state index is 12.4. The van der Waals surface area contributed by atoms with Crippen molar-refractivity contribution in [1.29, 1.82) is 0 Å². The van der Waals surface area contributed by atoms with Crippen LogP contribution in [0.2, 0.25) is 5.02 Å². The average molecular weight is 342 g/mol. The number of aryl methyl sites for hydroxylation is 2. The van der Waals surface area contributed by atoms with Crippen LogP contribution < -0.4 is 5.73 Å². The topological polar surface area (TPSA) is 26.0 Å². The minimum Gasteiger partial charge on any atom is -0.328 e. The summed E-state index contributed by atoms with van der Waals surface area (Å²) in [5.41, 5.74) is 2.87. The van der Waals surface area contributed by atoms with Gasteiger partial charge in [-0.15, -0.1) is 0 Å². The zero-order valence-electron chi connectivity index (χ0n) is 12.9. The zero-order valence-corrected chi connectivity index (χ0v) is 14.4. The summed E-state index contributed by atoms with van der Waals surface area (Å²) in [7, 11) is 0. The van der Waals surface area contributed by atoms with Crippen LogP contribution in [-0.2, 0) is 6.42 Å². The van der Waals surface area contributed by atoms with E-state index in [1.807, 2.05) is 26.8 Å². The van der Waals surface area contributed by atoms with Crippen LogP contribution >= 0.6 is 23.4 Å². The van der Waals surface area contributed by atoms with Crippen molar-refractivity contribution in [3.05, 3.63) is 28.3 Å². The Morgan fingerprint density at radius 2 is 1.86 bits per heavy atom. The number of rotatable bonds is 5. The second kappa shape index (κ2) is 9.59. The van der Waals surface area contributed by atoms with Gasteiger partial charge < -0.3 is 5.73 Å². The summed E-state index contributed by atoms with van der Waals surface area (Å²) < 4.78 is 37.3. The average Bonchev–Trinajstić information content (AvgIpc) is 2.35. The molecular weight excluding hydrogens is 319 g/mol. The highest BCUT2D eigenvalue weighted by Gasteiger charge is 2.30. The number of thioether (sulfide) groups is 1. The van der Waals surface area contributed by atoms with Gasteiger partial charge in [0, 0.05) is 10.9 Å². The van der Waals surface area contributed by atoms with Crippen LogP contribution in [0.3, 0.4) is 0 Å². The number of nitrogens with two attached hydrogens (primary N) is 1. The fraction of sp³-hybridized carbons (Fsp3) is 0.600. The quantitative estimate of drug-likeness (QED) is 0.669. The number of hydrogen-bond acceptors (Lipinski definition) is 2. The van der Waals surface area contributed by atoms with Crippen molar-refractivity contribution in [3.63, 3.8) is 0 Å². The van der Waals surface area contributed by atoms with Crippen LogP contribution in [0.15, 0.2) is 17.0 Å². The van der Waals surface area contributed by atoms with Gasteiger partial charge in [0.05, 0.1) is 5.02 Å². The first-order valence-corrected chi connectivity index (χ1v) is 8.19. The molecule has 0 aliphatic heterocycles. The number of benzene rings is 1. The van der Waals surface area contributed by atoms with Crippen LogP contribution in [-0.4, -0.2) is 11.6 Å². The second-order valence-electron chi connectivity index (χ2n) is 4.64. The third-order valence-corrected chi connectivity index (χ3v) is 4.02. The minimum absolute atomic E-state index is 0.0740. The lowest BCUT2D eigenvalue weighted by molar-refractivity contribution is -0.0328. The smallest absolute Gasteiger partial charge is 0.328 e. The standard InChI is InChI=1S/C13H17ClF3NS.C2H6/c1-8-6-10(5-3-4-9(2)18)7-11(12(8)14)19-13(15,16)17;1-2/h6-7,9H,3-5,18H2,1-2H3;1-2H3/t9-;/m0./s1. The Morgan fingerprint density at radius 3 is 2.33 bits per heavy atom. The van der Waals surface area contributed by atoms with Crippen molar-refractivity contribution in [2.45, 2.75) is 63.4 Å². The zero-order chi connectivity index (χ0) is 16.6. The number of alkyl halides is 3. The van der Waals surface area contributed by atoms with Gasteiger partial charge in [0.2, 0.25) is 0 Å². The second-order valence-corrected chi connectivity index (χ2v) is 6.13. The minimum atomic E-state index is -4.32. The fourth-order valence-corrected chi connectivity index (χ4v) is 2.72. The first-order valence-electron chi connectivity index (χ1n) is 6.99. The number of hydrogen-bond donors (Lipinski definition) is 1. The molecule has 0 aromatic heterocycles. The molecule has 0 heterocycles. The highest BCUT2D eigenvalue weighted by Crippen LogP contribution is 2.41. The molecule has 1 aromatic rings. The lowest BCUT2D eigenvalue weighted by Gasteiger charge is -2.12. The Kier molecular flexibility index (Phi) is 9.41. The molecule has 1 aromatic carbocycles. The number of halogens is 4. The summed E-state index contributed by atoms with van der Waals surface area (Å²) in [6.07, 6.45) is 2.42. The van der Waals surface area contributed by atoms with Gasteiger partial charge in [-0.1, -0.05) is 31.5 Å². The van der Waals surface area contributed by atoms with E-state index in [-0.39, 0.29) is 27.7 Å². The van der Waals surface area contributed by atoms with Gasteiger partial charge in [-0.05, 0) is 62.1 Å². The Morgan fingerprint density at radius 1 is 1.29 bits per heavy atom. The van der Waals surface area contributed by atoms with Gasteiger partial charge in [0.25, 0.3) is 0 Å². The summed E-state index contributed by atoms with van der Waals surface area (Å²) >= 11 is 5.75. The maximum absolute atomic E-state index is 12.4. The molecule has 0 amide bonds. The summed E-state index contributed by atoms with van der Waals surface area (Å²) in [6, 6.07) is 3.47.